The summed E-state index contributed by atoms with van der Waals surface area (Å²) in [6.07, 6.45) is 4.08. The predicted molar refractivity (Wildman–Crippen MR) is 82.5 cm³/mol. The summed E-state index contributed by atoms with van der Waals surface area (Å²) in [4.78, 5) is 4.59. The fourth-order valence-electron chi connectivity index (χ4n) is 2.00. The normalized spacial score (nSPS) is 12.9. The lowest BCUT2D eigenvalue weighted by atomic mass is 10.2. The quantitative estimate of drug-likeness (QED) is 0.780. The highest BCUT2D eigenvalue weighted by Crippen LogP contribution is 2.17. The van der Waals surface area contributed by atoms with Gasteiger partial charge >= 0.3 is 0 Å². The molecule has 0 saturated heterocycles. The standard InChI is InChI=1S/C14H14BrN3S/c1-10(11-4-5-19-9-11)16-6-13-8-18-7-12(15)2-3-14(18)17-13/h2-5,7-10,16H,6H2,1H3. The second-order valence-corrected chi connectivity index (χ2v) is 6.20. The Kier molecular flexibility index (Phi) is 3.68. The highest BCUT2D eigenvalue weighted by atomic mass is 79.9. The van der Waals surface area contributed by atoms with E-state index in [1.165, 1.54) is 5.56 Å². The van der Waals surface area contributed by atoms with Crippen molar-refractivity contribution in [2.75, 3.05) is 0 Å². The zero-order valence-electron chi connectivity index (χ0n) is 10.5. The van der Waals surface area contributed by atoms with Crippen molar-refractivity contribution in [3.8, 4) is 0 Å². The van der Waals surface area contributed by atoms with E-state index in [-0.39, 0.29) is 0 Å². The molecule has 0 spiro atoms. The third-order valence-corrected chi connectivity index (χ3v) is 4.27. The van der Waals surface area contributed by atoms with E-state index in [0.717, 1.165) is 22.4 Å². The van der Waals surface area contributed by atoms with Gasteiger partial charge in [0.2, 0.25) is 0 Å². The molecule has 3 aromatic rings. The van der Waals surface area contributed by atoms with Crippen molar-refractivity contribution in [1.82, 2.24) is 14.7 Å². The minimum atomic E-state index is 0.350. The molecule has 0 saturated carbocycles. The number of imidazole rings is 1. The van der Waals surface area contributed by atoms with Crippen molar-refractivity contribution in [1.29, 1.82) is 0 Å². The Hall–Kier alpha value is -1.17. The molecule has 3 aromatic heterocycles. The van der Waals surface area contributed by atoms with E-state index < -0.39 is 0 Å². The molecule has 3 rings (SSSR count). The minimum absolute atomic E-state index is 0.350. The van der Waals surface area contributed by atoms with Gasteiger partial charge in [0.05, 0.1) is 5.69 Å². The van der Waals surface area contributed by atoms with Gasteiger partial charge in [-0.2, -0.15) is 11.3 Å². The molecule has 0 amide bonds. The van der Waals surface area contributed by atoms with Crippen molar-refractivity contribution < 1.29 is 0 Å². The van der Waals surface area contributed by atoms with Crippen molar-refractivity contribution in [3.63, 3.8) is 0 Å². The van der Waals surface area contributed by atoms with Gasteiger partial charge in [-0.05, 0) is 57.4 Å². The van der Waals surface area contributed by atoms with E-state index in [0.29, 0.717) is 6.04 Å². The van der Waals surface area contributed by atoms with Crippen LogP contribution in [-0.4, -0.2) is 9.38 Å². The topological polar surface area (TPSA) is 29.3 Å². The molecule has 3 heterocycles. The Morgan fingerprint density at radius 1 is 1.37 bits per heavy atom. The van der Waals surface area contributed by atoms with Crippen LogP contribution in [0, 0.1) is 0 Å². The summed E-state index contributed by atoms with van der Waals surface area (Å²) >= 11 is 5.20. The number of nitrogens with one attached hydrogen (secondary N) is 1. The number of aromatic nitrogens is 2. The summed E-state index contributed by atoms with van der Waals surface area (Å²) in [5.74, 6) is 0. The molecular formula is C14H14BrN3S. The van der Waals surface area contributed by atoms with Crippen LogP contribution in [0.5, 0.6) is 0 Å². The Morgan fingerprint density at radius 2 is 2.26 bits per heavy atom. The van der Waals surface area contributed by atoms with Crippen molar-refractivity contribution in [2.24, 2.45) is 0 Å². The Morgan fingerprint density at radius 3 is 3.05 bits per heavy atom. The maximum absolute atomic E-state index is 4.59. The maximum atomic E-state index is 4.59. The predicted octanol–water partition coefficient (Wildman–Crippen LogP) is 4.01. The van der Waals surface area contributed by atoms with Gasteiger partial charge in [-0.15, -0.1) is 0 Å². The largest absolute Gasteiger partial charge is 0.306 e. The number of hydrogen-bond donors (Lipinski definition) is 1. The lowest BCUT2D eigenvalue weighted by Crippen LogP contribution is -2.17. The number of hydrogen-bond acceptors (Lipinski definition) is 3. The summed E-state index contributed by atoms with van der Waals surface area (Å²) in [6, 6.07) is 6.52. The van der Waals surface area contributed by atoms with Crippen LogP contribution in [0.15, 0.2) is 45.8 Å². The van der Waals surface area contributed by atoms with Gasteiger partial charge in [0.25, 0.3) is 0 Å². The van der Waals surface area contributed by atoms with Crippen LogP contribution in [0.2, 0.25) is 0 Å². The van der Waals surface area contributed by atoms with Crippen LogP contribution in [0.1, 0.15) is 24.2 Å². The van der Waals surface area contributed by atoms with E-state index in [2.05, 4.69) is 56.2 Å². The summed E-state index contributed by atoms with van der Waals surface area (Å²) in [5, 5.41) is 7.78. The highest BCUT2D eigenvalue weighted by molar-refractivity contribution is 9.10. The molecule has 1 atom stereocenters. The number of rotatable bonds is 4. The zero-order chi connectivity index (χ0) is 13.2. The Balaban J connectivity index is 1.71. The second kappa shape index (κ2) is 5.45. The SMILES string of the molecule is CC(NCc1cn2cc(Br)ccc2n1)c1ccsc1. The van der Waals surface area contributed by atoms with Gasteiger partial charge in [-0.3, -0.25) is 0 Å². The monoisotopic (exact) mass is 335 g/mol. The van der Waals surface area contributed by atoms with E-state index in [4.69, 9.17) is 0 Å². The first-order valence-electron chi connectivity index (χ1n) is 6.11. The van der Waals surface area contributed by atoms with Crippen LogP contribution in [-0.2, 0) is 6.54 Å². The van der Waals surface area contributed by atoms with Crippen molar-refractivity contribution >= 4 is 32.9 Å². The second-order valence-electron chi connectivity index (χ2n) is 4.50. The van der Waals surface area contributed by atoms with Gasteiger partial charge in [-0.1, -0.05) is 0 Å². The average Bonchev–Trinajstić information content (AvgIpc) is 3.04. The van der Waals surface area contributed by atoms with Gasteiger partial charge in [0.1, 0.15) is 5.65 Å². The number of fused-ring (bicyclic) bond motifs is 1. The third kappa shape index (κ3) is 2.88. The molecule has 0 bridgehead atoms. The van der Waals surface area contributed by atoms with Crippen molar-refractivity contribution in [3.05, 3.63) is 57.1 Å². The molecule has 3 nitrogen and oxygen atoms in total. The molecule has 0 aromatic carbocycles. The van der Waals surface area contributed by atoms with E-state index in [1.807, 2.05) is 22.7 Å². The molecular weight excluding hydrogens is 322 g/mol. The average molecular weight is 336 g/mol. The summed E-state index contributed by atoms with van der Waals surface area (Å²) in [7, 11) is 0. The first kappa shape index (κ1) is 12.8. The van der Waals surface area contributed by atoms with E-state index in [9.17, 15) is 0 Å². The van der Waals surface area contributed by atoms with Crippen molar-refractivity contribution in [2.45, 2.75) is 19.5 Å². The van der Waals surface area contributed by atoms with E-state index >= 15 is 0 Å². The van der Waals surface area contributed by atoms with Crippen LogP contribution in [0.3, 0.4) is 0 Å². The van der Waals surface area contributed by atoms with Gasteiger partial charge < -0.3 is 9.72 Å². The minimum Gasteiger partial charge on any atom is -0.306 e. The number of nitrogens with zero attached hydrogens (tertiary/aromatic N) is 2. The molecule has 1 N–H and O–H groups in total. The first-order valence-corrected chi connectivity index (χ1v) is 7.84. The summed E-state index contributed by atoms with van der Waals surface area (Å²) < 4.78 is 3.10. The highest BCUT2D eigenvalue weighted by Gasteiger charge is 2.07. The fourth-order valence-corrected chi connectivity index (χ4v) is 3.11. The molecule has 0 aliphatic carbocycles. The molecule has 1 unspecified atom stereocenters. The first-order chi connectivity index (χ1) is 9.22. The lowest BCUT2D eigenvalue weighted by Gasteiger charge is -2.10. The van der Waals surface area contributed by atoms with Gasteiger partial charge in [-0.25, -0.2) is 4.98 Å². The van der Waals surface area contributed by atoms with Gasteiger partial charge in [0.15, 0.2) is 0 Å². The molecule has 0 aliphatic rings. The molecule has 5 heteroatoms. The number of halogens is 1. The van der Waals surface area contributed by atoms with Crippen LogP contribution in [0.25, 0.3) is 5.65 Å². The summed E-state index contributed by atoms with van der Waals surface area (Å²) in [5.41, 5.74) is 3.36. The molecule has 0 fully saturated rings. The molecule has 0 radical (unpaired) electrons. The van der Waals surface area contributed by atoms with Crippen LogP contribution >= 0.6 is 27.3 Å². The fraction of sp³-hybridized carbons (Fsp3) is 0.214. The van der Waals surface area contributed by atoms with Crippen LogP contribution < -0.4 is 5.32 Å². The Bertz CT molecular complexity index is 675. The maximum Gasteiger partial charge on any atom is 0.137 e. The molecule has 0 aliphatic heterocycles. The Labute approximate surface area is 124 Å². The number of pyridine rings is 1. The zero-order valence-corrected chi connectivity index (χ0v) is 12.9. The van der Waals surface area contributed by atoms with Gasteiger partial charge in [0, 0.05) is 29.5 Å². The lowest BCUT2D eigenvalue weighted by molar-refractivity contribution is 0.570. The number of thiophene rings is 1. The third-order valence-electron chi connectivity index (χ3n) is 3.10. The molecule has 98 valence electrons. The van der Waals surface area contributed by atoms with Crippen LogP contribution in [0.4, 0.5) is 0 Å². The summed E-state index contributed by atoms with van der Waals surface area (Å²) in [6.45, 7) is 2.95. The molecule has 19 heavy (non-hydrogen) atoms. The van der Waals surface area contributed by atoms with E-state index in [1.54, 1.807) is 11.3 Å². The smallest absolute Gasteiger partial charge is 0.137 e.